The van der Waals surface area contributed by atoms with Gasteiger partial charge in [-0.1, -0.05) is 18.2 Å². The molecular weight excluding hydrogens is 246 g/mol. The Kier molecular flexibility index (Phi) is 4.15. The summed E-state index contributed by atoms with van der Waals surface area (Å²) < 4.78 is 0. The fourth-order valence-electron chi connectivity index (χ4n) is 3.28. The molecule has 2 saturated heterocycles. The van der Waals surface area contributed by atoms with Gasteiger partial charge in [0.1, 0.15) is 0 Å². The first-order valence-corrected chi connectivity index (χ1v) is 6.56. The minimum Gasteiger partial charge on any atom is -0.369 e. The van der Waals surface area contributed by atoms with Gasteiger partial charge in [0.15, 0.2) is 0 Å². The Morgan fingerprint density at radius 2 is 1.83 bits per heavy atom. The number of para-hydroxylation sites is 1. The SMILES string of the molecule is Cl.NC1CN(c2ccccc2)CC12CCNCC2. The molecule has 100 valence electrons. The normalized spacial score (nSPS) is 26.1. The molecule has 1 aromatic rings. The first kappa shape index (κ1) is 13.7. The molecule has 3 rings (SSSR count). The van der Waals surface area contributed by atoms with Crippen LogP contribution in [0.15, 0.2) is 30.3 Å². The van der Waals surface area contributed by atoms with E-state index in [0.717, 1.165) is 26.2 Å². The molecule has 0 radical (unpaired) electrons. The van der Waals surface area contributed by atoms with Crippen LogP contribution in [0.2, 0.25) is 0 Å². The van der Waals surface area contributed by atoms with E-state index >= 15 is 0 Å². The van der Waals surface area contributed by atoms with Crippen LogP contribution in [-0.2, 0) is 0 Å². The average molecular weight is 268 g/mol. The predicted molar refractivity (Wildman–Crippen MR) is 78.4 cm³/mol. The molecule has 1 aromatic carbocycles. The number of nitrogens with zero attached hydrogens (tertiary/aromatic N) is 1. The summed E-state index contributed by atoms with van der Waals surface area (Å²) in [6.07, 6.45) is 2.44. The zero-order valence-corrected chi connectivity index (χ0v) is 11.5. The van der Waals surface area contributed by atoms with E-state index < -0.39 is 0 Å². The monoisotopic (exact) mass is 267 g/mol. The van der Waals surface area contributed by atoms with Crippen molar-refractivity contribution in [3.63, 3.8) is 0 Å². The molecule has 0 amide bonds. The van der Waals surface area contributed by atoms with Crippen LogP contribution >= 0.6 is 12.4 Å². The Labute approximate surface area is 115 Å². The molecule has 3 N–H and O–H groups in total. The third kappa shape index (κ3) is 2.35. The molecule has 3 nitrogen and oxygen atoms in total. The number of piperidine rings is 1. The maximum absolute atomic E-state index is 6.40. The third-order valence-corrected chi connectivity index (χ3v) is 4.43. The number of halogens is 1. The van der Waals surface area contributed by atoms with Crippen LogP contribution in [0, 0.1) is 5.41 Å². The van der Waals surface area contributed by atoms with Gasteiger partial charge in [0.05, 0.1) is 0 Å². The maximum atomic E-state index is 6.40. The van der Waals surface area contributed by atoms with Gasteiger partial charge in [-0.3, -0.25) is 0 Å². The molecular formula is C14H22ClN3. The predicted octanol–water partition coefficient (Wildman–Crippen LogP) is 1.63. The Morgan fingerprint density at radius 3 is 2.50 bits per heavy atom. The van der Waals surface area contributed by atoms with Crippen LogP contribution in [0.4, 0.5) is 5.69 Å². The number of nitrogens with one attached hydrogen (secondary N) is 1. The highest BCUT2D eigenvalue weighted by Gasteiger charge is 2.45. The van der Waals surface area contributed by atoms with Gasteiger partial charge in [0.2, 0.25) is 0 Å². The molecule has 0 aliphatic carbocycles. The lowest BCUT2D eigenvalue weighted by Gasteiger charge is -2.36. The van der Waals surface area contributed by atoms with Crippen molar-refractivity contribution in [1.29, 1.82) is 0 Å². The summed E-state index contributed by atoms with van der Waals surface area (Å²) in [5.74, 6) is 0. The van der Waals surface area contributed by atoms with Gasteiger partial charge in [0, 0.05) is 30.2 Å². The Hall–Kier alpha value is -0.770. The van der Waals surface area contributed by atoms with Crippen molar-refractivity contribution >= 4 is 18.1 Å². The zero-order chi connectivity index (χ0) is 11.7. The number of benzene rings is 1. The number of anilines is 1. The number of nitrogens with two attached hydrogens (primary N) is 1. The smallest absolute Gasteiger partial charge is 0.0366 e. The van der Waals surface area contributed by atoms with E-state index in [1.54, 1.807) is 0 Å². The topological polar surface area (TPSA) is 41.3 Å². The highest BCUT2D eigenvalue weighted by Crippen LogP contribution is 2.39. The van der Waals surface area contributed by atoms with Crippen LogP contribution in [0.1, 0.15) is 12.8 Å². The number of rotatable bonds is 1. The van der Waals surface area contributed by atoms with E-state index in [9.17, 15) is 0 Å². The molecule has 0 bridgehead atoms. The van der Waals surface area contributed by atoms with Crippen molar-refractivity contribution in [1.82, 2.24) is 5.32 Å². The Balaban J connectivity index is 0.00000120. The summed E-state index contributed by atoms with van der Waals surface area (Å²) in [5.41, 5.74) is 8.07. The summed E-state index contributed by atoms with van der Waals surface area (Å²) in [6.45, 7) is 4.37. The van der Waals surface area contributed by atoms with Crippen LogP contribution in [-0.4, -0.2) is 32.2 Å². The second-order valence-electron chi connectivity index (χ2n) is 5.43. The third-order valence-electron chi connectivity index (χ3n) is 4.43. The lowest BCUT2D eigenvalue weighted by molar-refractivity contribution is 0.205. The molecule has 1 unspecified atom stereocenters. The van der Waals surface area contributed by atoms with Crippen LogP contribution < -0.4 is 16.0 Å². The standard InChI is InChI=1S/C14H21N3.ClH/c15-13-10-17(12-4-2-1-3-5-12)11-14(13)6-8-16-9-7-14;/h1-5,13,16H,6-11,15H2;1H. The Morgan fingerprint density at radius 1 is 1.17 bits per heavy atom. The molecule has 1 atom stereocenters. The van der Waals surface area contributed by atoms with E-state index in [-0.39, 0.29) is 12.4 Å². The first-order valence-electron chi connectivity index (χ1n) is 6.56. The van der Waals surface area contributed by atoms with E-state index in [1.165, 1.54) is 18.5 Å². The second-order valence-corrected chi connectivity index (χ2v) is 5.43. The summed E-state index contributed by atoms with van der Waals surface area (Å²) in [7, 11) is 0. The van der Waals surface area contributed by atoms with Crippen molar-refractivity contribution < 1.29 is 0 Å². The highest BCUT2D eigenvalue weighted by molar-refractivity contribution is 5.85. The van der Waals surface area contributed by atoms with Crippen molar-refractivity contribution in [2.75, 3.05) is 31.1 Å². The fraction of sp³-hybridized carbons (Fsp3) is 0.571. The number of hydrogen-bond acceptors (Lipinski definition) is 3. The largest absolute Gasteiger partial charge is 0.369 e. The summed E-state index contributed by atoms with van der Waals surface area (Å²) in [6, 6.07) is 11.0. The van der Waals surface area contributed by atoms with E-state index in [0.29, 0.717) is 11.5 Å². The minimum atomic E-state index is 0. The minimum absolute atomic E-state index is 0. The van der Waals surface area contributed by atoms with Gasteiger partial charge < -0.3 is 16.0 Å². The molecule has 0 aromatic heterocycles. The van der Waals surface area contributed by atoms with Crippen molar-refractivity contribution in [3.05, 3.63) is 30.3 Å². The number of hydrogen-bond donors (Lipinski definition) is 2. The van der Waals surface area contributed by atoms with Gasteiger partial charge in [0.25, 0.3) is 0 Å². The lowest BCUT2D eigenvalue weighted by Crippen LogP contribution is -2.47. The first-order chi connectivity index (χ1) is 8.30. The van der Waals surface area contributed by atoms with Crippen molar-refractivity contribution in [2.24, 2.45) is 11.1 Å². The molecule has 18 heavy (non-hydrogen) atoms. The maximum Gasteiger partial charge on any atom is 0.0366 e. The molecule has 2 fully saturated rings. The summed E-state index contributed by atoms with van der Waals surface area (Å²) in [5, 5.41) is 3.44. The molecule has 2 aliphatic rings. The Bertz CT molecular complexity index is 376. The van der Waals surface area contributed by atoms with Gasteiger partial charge >= 0.3 is 0 Å². The van der Waals surface area contributed by atoms with E-state index in [4.69, 9.17) is 5.73 Å². The van der Waals surface area contributed by atoms with E-state index in [1.807, 2.05) is 0 Å². The quantitative estimate of drug-likeness (QED) is 0.813. The lowest BCUT2D eigenvalue weighted by atomic mass is 9.75. The average Bonchev–Trinajstić information content (AvgIpc) is 2.69. The van der Waals surface area contributed by atoms with Crippen LogP contribution in [0.25, 0.3) is 0 Å². The molecule has 2 heterocycles. The molecule has 2 aliphatic heterocycles. The van der Waals surface area contributed by atoms with Crippen LogP contribution in [0.3, 0.4) is 0 Å². The van der Waals surface area contributed by atoms with Gasteiger partial charge in [-0.25, -0.2) is 0 Å². The molecule has 4 heteroatoms. The van der Waals surface area contributed by atoms with Gasteiger partial charge in [-0.2, -0.15) is 0 Å². The molecule has 1 spiro atoms. The van der Waals surface area contributed by atoms with Gasteiger partial charge in [-0.05, 0) is 38.1 Å². The van der Waals surface area contributed by atoms with E-state index in [2.05, 4.69) is 40.5 Å². The van der Waals surface area contributed by atoms with Gasteiger partial charge in [-0.15, -0.1) is 12.4 Å². The highest BCUT2D eigenvalue weighted by atomic mass is 35.5. The van der Waals surface area contributed by atoms with Crippen molar-refractivity contribution in [3.8, 4) is 0 Å². The summed E-state index contributed by atoms with van der Waals surface area (Å²) >= 11 is 0. The summed E-state index contributed by atoms with van der Waals surface area (Å²) in [4.78, 5) is 2.45. The van der Waals surface area contributed by atoms with Crippen LogP contribution in [0.5, 0.6) is 0 Å². The fourth-order valence-corrected chi connectivity index (χ4v) is 3.28. The molecule has 0 saturated carbocycles. The van der Waals surface area contributed by atoms with Crippen molar-refractivity contribution in [2.45, 2.75) is 18.9 Å². The zero-order valence-electron chi connectivity index (χ0n) is 10.6. The second kappa shape index (κ2) is 5.47.